The fourth-order valence-electron chi connectivity index (χ4n) is 5.96. The van der Waals surface area contributed by atoms with E-state index in [2.05, 4.69) is 80.6 Å². The van der Waals surface area contributed by atoms with Gasteiger partial charge >= 0.3 is 0 Å². The Morgan fingerprint density at radius 1 is 1.05 bits per heavy atom. The first-order chi connectivity index (χ1) is 20.9. The average molecular weight is 617 g/mol. The number of imidazole rings is 1. The Morgan fingerprint density at radius 2 is 1.82 bits per heavy atom. The highest BCUT2D eigenvalue weighted by atomic mass is 28.4. The number of fused-ring (bicyclic) bond motifs is 1. The van der Waals surface area contributed by atoms with Crippen LogP contribution in [-0.4, -0.2) is 63.9 Å². The van der Waals surface area contributed by atoms with Gasteiger partial charge in [0.2, 0.25) is 5.95 Å². The van der Waals surface area contributed by atoms with Crippen LogP contribution >= 0.6 is 0 Å². The Balaban J connectivity index is 1.35. The molecule has 1 saturated heterocycles. The summed E-state index contributed by atoms with van der Waals surface area (Å²) in [6.45, 7) is 19.5. The third-order valence-corrected chi connectivity index (χ3v) is 14.7. The highest BCUT2D eigenvalue weighted by molar-refractivity contribution is 6.74. The van der Waals surface area contributed by atoms with Gasteiger partial charge in [0.1, 0.15) is 17.9 Å². The molecule has 1 aromatic carbocycles. The van der Waals surface area contributed by atoms with Crippen LogP contribution in [0.3, 0.4) is 0 Å². The number of aryl methyl sites for hydroxylation is 2. The second-order valence-electron chi connectivity index (χ2n) is 14.1. The van der Waals surface area contributed by atoms with Crippen molar-refractivity contribution < 1.29 is 9.16 Å². The molecule has 2 fully saturated rings. The first kappa shape index (κ1) is 30.6. The molecule has 0 spiro atoms. The van der Waals surface area contributed by atoms with Crippen molar-refractivity contribution in [2.45, 2.75) is 104 Å². The van der Waals surface area contributed by atoms with Gasteiger partial charge < -0.3 is 23.9 Å². The molecule has 1 atom stereocenters. The van der Waals surface area contributed by atoms with E-state index in [4.69, 9.17) is 24.2 Å². The van der Waals surface area contributed by atoms with Gasteiger partial charge in [-0.15, -0.1) is 0 Å². The Bertz CT molecular complexity index is 1670. The van der Waals surface area contributed by atoms with Gasteiger partial charge in [0.25, 0.3) is 0 Å². The number of hydrogen-bond donors (Lipinski definition) is 1. The molecule has 0 amide bonds. The molecule has 11 heteroatoms. The van der Waals surface area contributed by atoms with E-state index in [-0.39, 0.29) is 11.1 Å². The molecule has 3 aromatic heterocycles. The van der Waals surface area contributed by atoms with Crippen molar-refractivity contribution in [2.75, 3.05) is 30.5 Å². The molecular formula is C33H48N8O2Si. The van der Waals surface area contributed by atoms with Gasteiger partial charge in [0, 0.05) is 12.6 Å². The van der Waals surface area contributed by atoms with Gasteiger partial charge in [-0.3, -0.25) is 0 Å². The lowest BCUT2D eigenvalue weighted by atomic mass is 9.93. The molecule has 4 heterocycles. The summed E-state index contributed by atoms with van der Waals surface area (Å²) in [5, 5.41) is 9.66. The van der Waals surface area contributed by atoms with Crippen LogP contribution in [0.2, 0.25) is 18.1 Å². The molecular weight excluding hydrogens is 569 g/mol. The zero-order valence-electron chi connectivity index (χ0n) is 27.9. The van der Waals surface area contributed by atoms with Crippen molar-refractivity contribution in [2.24, 2.45) is 0 Å². The smallest absolute Gasteiger partial charge is 0.232 e. The third-order valence-electron chi connectivity index (χ3n) is 10.2. The van der Waals surface area contributed by atoms with Gasteiger partial charge in [0.15, 0.2) is 19.8 Å². The van der Waals surface area contributed by atoms with Gasteiger partial charge in [-0.25, -0.2) is 9.67 Å². The lowest BCUT2D eigenvalue weighted by molar-refractivity contribution is 0.263. The van der Waals surface area contributed by atoms with E-state index in [1.165, 1.54) is 12.0 Å². The number of aromatic nitrogens is 6. The minimum atomic E-state index is -1.88. The maximum atomic E-state index is 6.74. The molecule has 236 valence electrons. The van der Waals surface area contributed by atoms with Crippen molar-refractivity contribution in [3.8, 4) is 11.4 Å². The number of anilines is 3. The van der Waals surface area contributed by atoms with Gasteiger partial charge in [0.05, 0.1) is 48.8 Å². The van der Waals surface area contributed by atoms with Crippen molar-refractivity contribution in [3.63, 3.8) is 0 Å². The van der Waals surface area contributed by atoms with Crippen LogP contribution in [0.25, 0.3) is 16.7 Å². The molecule has 0 radical (unpaired) electrons. The largest absolute Gasteiger partial charge is 0.496 e. The molecule has 1 saturated carbocycles. The second kappa shape index (κ2) is 11.5. The van der Waals surface area contributed by atoms with E-state index >= 15 is 0 Å². The molecule has 1 aliphatic heterocycles. The Labute approximate surface area is 262 Å². The number of rotatable bonds is 9. The van der Waals surface area contributed by atoms with E-state index in [0.717, 1.165) is 71.8 Å². The predicted octanol–water partition coefficient (Wildman–Crippen LogP) is 7.41. The number of nitrogens with zero attached hydrogens (tertiary/aromatic N) is 7. The average Bonchev–Trinajstić information content (AvgIpc) is 3.67. The maximum Gasteiger partial charge on any atom is 0.232 e. The molecule has 4 aromatic rings. The number of ether oxygens (including phenoxy) is 1. The minimum Gasteiger partial charge on any atom is -0.496 e. The quantitative estimate of drug-likeness (QED) is 0.194. The number of benzene rings is 1. The fourth-order valence-corrected chi connectivity index (χ4v) is 7.00. The lowest BCUT2D eigenvalue weighted by Crippen LogP contribution is -2.45. The molecule has 44 heavy (non-hydrogen) atoms. The molecule has 1 N–H and O–H groups in total. The molecule has 2 aliphatic rings. The predicted molar refractivity (Wildman–Crippen MR) is 179 cm³/mol. The Kier molecular flexibility index (Phi) is 7.98. The SMILES string of the molecule is COc1cc(-n2cnc(Nc3nc(N4CCC[C@H]4CO[Si](C)(C)C(C)(C)C)c4c(C)nn(C5CCC5)c4n3)c2)cc(C)c1C. The lowest BCUT2D eigenvalue weighted by Gasteiger charge is -2.38. The number of nitrogens with one attached hydrogen (secondary N) is 1. The molecule has 10 nitrogen and oxygen atoms in total. The first-order valence-corrected chi connectivity index (χ1v) is 18.9. The number of methoxy groups -OCH3 is 1. The summed E-state index contributed by atoms with van der Waals surface area (Å²) in [6, 6.07) is 4.83. The van der Waals surface area contributed by atoms with E-state index in [1.54, 1.807) is 7.11 Å². The highest BCUT2D eigenvalue weighted by Crippen LogP contribution is 2.40. The summed E-state index contributed by atoms with van der Waals surface area (Å²) in [5.41, 5.74) is 5.17. The van der Waals surface area contributed by atoms with Crippen LogP contribution in [0, 0.1) is 20.8 Å². The standard InChI is InChI=1S/C33H48N8O2Si/c1-21-16-26(17-27(42-7)22(21)2)39-18-28(34-20-39)35-32-36-30(29-23(3)38-41(31(29)37-32)24-12-10-13-24)40-15-11-14-25(40)19-43-44(8,9)33(4,5)6/h16-18,20,24-25H,10-15,19H2,1-9H3,(H,35,36,37)/t25-/m0/s1. The van der Waals surface area contributed by atoms with Crippen molar-refractivity contribution in [1.29, 1.82) is 0 Å². The summed E-state index contributed by atoms with van der Waals surface area (Å²) in [5.74, 6) is 3.02. The molecule has 6 rings (SSSR count). The molecule has 1 aliphatic carbocycles. The third kappa shape index (κ3) is 5.60. The summed E-state index contributed by atoms with van der Waals surface area (Å²) in [6.07, 6.45) is 9.47. The summed E-state index contributed by atoms with van der Waals surface area (Å²) >= 11 is 0. The van der Waals surface area contributed by atoms with Gasteiger partial charge in [-0.05, 0) is 88.2 Å². The summed E-state index contributed by atoms with van der Waals surface area (Å²) in [4.78, 5) is 17.3. The van der Waals surface area contributed by atoms with E-state index < -0.39 is 8.32 Å². The fraction of sp³-hybridized carbons (Fsp3) is 0.576. The topological polar surface area (TPSA) is 95.1 Å². The zero-order chi connectivity index (χ0) is 31.4. The summed E-state index contributed by atoms with van der Waals surface area (Å²) < 4.78 is 16.5. The van der Waals surface area contributed by atoms with Gasteiger partial charge in [-0.2, -0.15) is 15.1 Å². The first-order valence-electron chi connectivity index (χ1n) is 16.0. The van der Waals surface area contributed by atoms with Crippen LogP contribution < -0.4 is 15.0 Å². The van der Waals surface area contributed by atoms with E-state index in [9.17, 15) is 0 Å². The highest BCUT2D eigenvalue weighted by Gasteiger charge is 2.39. The summed E-state index contributed by atoms with van der Waals surface area (Å²) in [7, 11) is -0.177. The Hall–Kier alpha value is -3.44. The van der Waals surface area contributed by atoms with E-state index in [0.29, 0.717) is 24.4 Å². The van der Waals surface area contributed by atoms with Crippen molar-refractivity contribution >= 4 is 36.9 Å². The van der Waals surface area contributed by atoms with Crippen LogP contribution in [0.5, 0.6) is 5.75 Å². The monoisotopic (exact) mass is 616 g/mol. The Morgan fingerprint density at radius 3 is 2.50 bits per heavy atom. The van der Waals surface area contributed by atoms with Crippen LogP contribution in [0.4, 0.5) is 17.6 Å². The van der Waals surface area contributed by atoms with Crippen LogP contribution in [0.1, 0.15) is 75.7 Å². The molecule has 0 bridgehead atoms. The van der Waals surface area contributed by atoms with Gasteiger partial charge in [-0.1, -0.05) is 20.8 Å². The molecule has 0 unspecified atom stereocenters. The van der Waals surface area contributed by atoms with Crippen molar-refractivity contribution in [3.05, 3.63) is 41.5 Å². The van der Waals surface area contributed by atoms with Crippen LogP contribution in [-0.2, 0) is 4.43 Å². The maximum absolute atomic E-state index is 6.74. The van der Waals surface area contributed by atoms with Crippen molar-refractivity contribution in [1.82, 2.24) is 29.3 Å². The minimum absolute atomic E-state index is 0.169. The normalized spacial score (nSPS) is 17.8. The van der Waals surface area contributed by atoms with Crippen LogP contribution in [0.15, 0.2) is 24.7 Å². The second-order valence-corrected chi connectivity index (χ2v) is 18.9. The van der Waals surface area contributed by atoms with E-state index in [1.807, 2.05) is 23.2 Å². The zero-order valence-corrected chi connectivity index (χ0v) is 28.9. The number of hydrogen-bond acceptors (Lipinski definition) is 8.